The molecule has 0 unspecified atom stereocenters. The largest absolute Gasteiger partial charge is 0.475 e. The van der Waals surface area contributed by atoms with Crippen LogP contribution >= 0.6 is 0 Å². The molecule has 0 saturated carbocycles. The van der Waals surface area contributed by atoms with Crippen LogP contribution in [-0.4, -0.2) is 41.9 Å². The Hall–Kier alpha value is -1.68. The fourth-order valence-corrected chi connectivity index (χ4v) is 2.40. The van der Waals surface area contributed by atoms with Crippen LogP contribution in [0.4, 0.5) is 0 Å². The third kappa shape index (κ3) is 2.76. The second kappa shape index (κ2) is 5.31. The van der Waals surface area contributed by atoms with Crippen molar-refractivity contribution in [2.75, 3.05) is 20.1 Å². The Morgan fingerprint density at radius 1 is 1.28 bits per heavy atom. The van der Waals surface area contributed by atoms with Gasteiger partial charge in [0.2, 0.25) is 0 Å². The molecule has 0 aliphatic carbocycles. The molecule has 1 saturated heterocycles. The molecule has 0 atom stereocenters. The van der Waals surface area contributed by atoms with Gasteiger partial charge in [0.15, 0.2) is 0 Å². The molecule has 0 amide bonds. The van der Waals surface area contributed by atoms with Gasteiger partial charge in [0.05, 0.1) is 0 Å². The number of likely N-dealkylation sites (tertiary alicyclic amines) is 1. The first-order valence-corrected chi connectivity index (χ1v) is 6.14. The molecule has 1 aliphatic rings. The predicted molar refractivity (Wildman–Crippen MR) is 67.9 cm³/mol. The van der Waals surface area contributed by atoms with Crippen LogP contribution in [0, 0.1) is 0 Å². The van der Waals surface area contributed by atoms with Crippen LogP contribution in [0.5, 0.6) is 0 Å². The number of rotatable bonds is 3. The maximum absolute atomic E-state index is 11.4. The Morgan fingerprint density at radius 3 is 2.56 bits per heavy atom. The molecule has 0 aromatic heterocycles. The van der Waals surface area contributed by atoms with Gasteiger partial charge in [0.25, 0.3) is 5.78 Å². The number of carboxylic acid groups (broad SMARTS) is 1. The molecular formula is C14H17NO3. The normalized spacial score (nSPS) is 17.6. The minimum atomic E-state index is -1.39. The Labute approximate surface area is 106 Å². The second-order valence-electron chi connectivity index (χ2n) is 4.84. The Bertz CT molecular complexity index is 462. The zero-order valence-corrected chi connectivity index (χ0v) is 10.4. The average Bonchev–Trinajstić information content (AvgIpc) is 2.38. The molecule has 96 valence electrons. The van der Waals surface area contributed by atoms with E-state index >= 15 is 0 Å². The van der Waals surface area contributed by atoms with E-state index in [1.807, 2.05) is 6.07 Å². The summed E-state index contributed by atoms with van der Waals surface area (Å²) in [4.78, 5) is 24.4. The first kappa shape index (κ1) is 12.8. The van der Waals surface area contributed by atoms with E-state index in [4.69, 9.17) is 5.11 Å². The number of aliphatic carboxylic acids is 1. The number of carboxylic acids is 1. The first-order chi connectivity index (χ1) is 8.58. The monoisotopic (exact) mass is 247 g/mol. The molecule has 4 heteroatoms. The maximum atomic E-state index is 11.4. The number of nitrogens with zero attached hydrogens (tertiary/aromatic N) is 1. The van der Waals surface area contributed by atoms with E-state index < -0.39 is 11.8 Å². The summed E-state index contributed by atoms with van der Waals surface area (Å²) in [7, 11) is 2.10. The fourth-order valence-electron chi connectivity index (χ4n) is 2.40. The van der Waals surface area contributed by atoms with Gasteiger partial charge in [-0.25, -0.2) is 4.79 Å². The molecule has 0 radical (unpaired) electrons. The number of carbonyl (C=O) groups excluding carboxylic acids is 1. The van der Waals surface area contributed by atoms with E-state index in [1.54, 1.807) is 18.2 Å². The van der Waals surface area contributed by atoms with Crippen LogP contribution in [0.25, 0.3) is 0 Å². The minimum absolute atomic E-state index is 0.277. The van der Waals surface area contributed by atoms with Gasteiger partial charge in [-0.15, -0.1) is 0 Å². The molecule has 0 bridgehead atoms. The molecular weight excluding hydrogens is 230 g/mol. The quantitative estimate of drug-likeness (QED) is 0.653. The Kier molecular flexibility index (Phi) is 3.77. The highest BCUT2D eigenvalue weighted by molar-refractivity contribution is 6.39. The van der Waals surface area contributed by atoms with Crippen molar-refractivity contribution in [1.29, 1.82) is 0 Å². The van der Waals surface area contributed by atoms with Gasteiger partial charge in [-0.1, -0.05) is 18.2 Å². The van der Waals surface area contributed by atoms with E-state index in [2.05, 4.69) is 11.9 Å². The lowest BCUT2D eigenvalue weighted by Gasteiger charge is -2.29. The third-order valence-electron chi connectivity index (χ3n) is 3.53. The van der Waals surface area contributed by atoms with Gasteiger partial charge < -0.3 is 10.0 Å². The molecule has 4 nitrogen and oxygen atoms in total. The fraction of sp³-hybridized carbons (Fsp3) is 0.429. The van der Waals surface area contributed by atoms with Gasteiger partial charge in [0.1, 0.15) is 0 Å². The zero-order chi connectivity index (χ0) is 13.1. The highest BCUT2D eigenvalue weighted by Gasteiger charge is 2.20. The van der Waals surface area contributed by atoms with Gasteiger partial charge in [-0.3, -0.25) is 4.79 Å². The van der Waals surface area contributed by atoms with Crippen molar-refractivity contribution in [2.24, 2.45) is 0 Å². The van der Waals surface area contributed by atoms with Gasteiger partial charge in [-0.05, 0) is 50.5 Å². The van der Waals surface area contributed by atoms with Crippen LogP contribution in [0.15, 0.2) is 24.3 Å². The van der Waals surface area contributed by atoms with Crippen molar-refractivity contribution in [2.45, 2.75) is 18.8 Å². The lowest BCUT2D eigenvalue weighted by molar-refractivity contribution is -0.131. The number of ketones is 1. The molecule has 1 N–H and O–H groups in total. The second-order valence-corrected chi connectivity index (χ2v) is 4.84. The summed E-state index contributed by atoms with van der Waals surface area (Å²) in [5.74, 6) is -1.79. The van der Waals surface area contributed by atoms with E-state index in [1.165, 1.54) is 0 Å². The van der Waals surface area contributed by atoms with Crippen molar-refractivity contribution in [3.05, 3.63) is 35.4 Å². The maximum Gasteiger partial charge on any atom is 0.377 e. The van der Waals surface area contributed by atoms with Crippen LogP contribution in [0.3, 0.4) is 0 Å². The summed E-state index contributed by atoms with van der Waals surface area (Å²) < 4.78 is 0. The lowest BCUT2D eigenvalue weighted by atomic mass is 9.88. The summed E-state index contributed by atoms with van der Waals surface area (Å²) >= 11 is 0. The summed E-state index contributed by atoms with van der Waals surface area (Å²) in [6.45, 7) is 2.09. The number of Topliss-reactive ketones (excluding diaryl/α,β-unsaturated/α-hetero) is 1. The molecule has 2 rings (SSSR count). The van der Waals surface area contributed by atoms with Crippen LogP contribution in [-0.2, 0) is 4.79 Å². The van der Waals surface area contributed by atoms with Gasteiger partial charge in [0, 0.05) is 5.56 Å². The van der Waals surface area contributed by atoms with Crippen molar-refractivity contribution >= 4 is 11.8 Å². The Balaban J connectivity index is 2.17. The number of piperidine rings is 1. The molecule has 1 aliphatic heterocycles. The van der Waals surface area contributed by atoms with E-state index in [0.29, 0.717) is 5.92 Å². The molecule has 0 spiro atoms. The standard InChI is InChI=1S/C14H17NO3/c1-15-7-5-10(6-8-15)11-3-2-4-12(9-11)13(16)14(17)18/h2-4,9-10H,5-8H2,1H3,(H,17,18). The van der Waals surface area contributed by atoms with Gasteiger partial charge >= 0.3 is 5.97 Å². The number of carbonyl (C=O) groups is 2. The van der Waals surface area contributed by atoms with Gasteiger partial charge in [-0.2, -0.15) is 0 Å². The van der Waals surface area contributed by atoms with E-state index in [9.17, 15) is 9.59 Å². The highest BCUT2D eigenvalue weighted by Crippen LogP contribution is 2.27. The predicted octanol–water partition coefficient (Wildman–Crippen LogP) is 1.76. The van der Waals surface area contributed by atoms with Crippen LogP contribution in [0.1, 0.15) is 34.7 Å². The van der Waals surface area contributed by atoms with E-state index in [-0.39, 0.29) is 5.56 Å². The molecule has 1 fully saturated rings. The molecule has 1 aromatic rings. The van der Waals surface area contributed by atoms with Crippen LogP contribution in [0.2, 0.25) is 0 Å². The minimum Gasteiger partial charge on any atom is -0.475 e. The molecule has 18 heavy (non-hydrogen) atoms. The molecule has 1 heterocycles. The summed E-state index contributed by atoms with van der Waals surface area (Å²) in [6, 6.07) is 7.04. The van der Waals surface area contributed by atoms with Crippen molar-refractivity contribution in [3.63, 3.8) is 0 Å². The number of hydrogen-bond acceptors (Lipinski definition) is 3. The summed E-state index contributed by atoms with van der Waals surface area (Å²) in [5, 5.41) is 8.72. The van der Waals surface area contributed by atoms with Crippen molar-refractivity contribution in [1.82, 2.24) is 4.90 Å². The van der Waals surface area contributed by atoms with E-state index in [0.717, 1.165) is 31.5 Å². The van der Waals surface area contributed by atoms with Crippen molar-refractivity contribution in [3.8, 4) is 0 Å². The highest BCUT2D eigenvalue weighted by atomic mass is 16.4. The first-order valence-electron chi connectivity index (χ1n) is 6.14. The van der Waals surface area contributed by atoms with Crippen LogP contribution < -0.4 is 0 Å². The average molecular weight is 247 g/mol. The van der Waals surface area contributed by atoms with Crippen molar-refractivity contribution < 1.29 is 14.7 Å². The smallest absolute Gasteiger partial charge is 0.377 e. The topological polar surface area (TPSA) is 57.6 Å². The summed E-state index contributed by atoms with van der Waals surface area (Å²) in [5.41, 5.74) is 1.36. The number of hydrogen-bond donors (Lipinski definition) is 1. The summed E-state index contributed by atoms with van der Waals surface area (Å²) in [6.07, 6.45) is 2.11. The zero-order valence-electron chi connectivity index (χ0n) is 10.4. The Morgan fingerprint density at radius 2 is 1.94 bits per heavy atom. The third-order valence-corrected chi connectivity index (χ3v) is 3.53. The molecule has 1 aromatic carbocycles. The number of benzene rings is 1. The lowest BCUT2D eigenvalue weighted by Crippen LogP contribution is -2.29. The SMILES string of the molecule is CN1CCC(c2cccc(C(=O)C(=O)O)c2)CC1.